The Morgan fingerprint density at radius 3 is 3.05 bits per heavy atom. The van der Waals surface area contributed by atoms with Gasteiger partial charge in [-0.3, -0.25) is 4.79 Å². The van der Waals surface area contributed by atoms with Crippen molar-refractivity contribution in [2.45, 2.75) is 18.9 Å². The van der Waals surface area contributed by atoms with Crippen molar-refractivity contribution in [3.63, 3.8) is 0 Å². The van der Waals surface area contributed by atoms with Gasteiger partial charge in [-0.05, 0) is 52.5 Å². The molecule has 1 heterocycles. The number of phenolic OH excluding ortho intramolecular Hbond substituents is 1. The van der Waals surface area contributed by atoms with E-state index < -0.39 is 5.91 Å². The molecular weight excluding hydrogens is 336 g/mol. The number of aromatic hydroxyl groups is 1. The number of ether oxygens (including phenoxy) is 1. The molecule has 1 unspecified atom stereocenters. The summed E-state index contributed by atoms with van der Waals surface area (Å²) < 4.78 is 5.92. The van der Waals surface area contributed by atoms with Crippen molar-refractivity contribution in [3.05, 3.63) is 33.8 Å². The summed E-state index contributed by atoms with van der Waals surface area (Å²) in [6.07, 6.45) is 3.45. The number of hydrogen-bond donors (Lipinski definition) is 2. The van der Waals surface area contributed by atoms with Crippen LogP contribution in [0.1, 0.15) is 18.4 Å². The van der Waals surface area contributed by atoms with Crippen LogP contribution in [0.4, 0.5) is 0 Å². The van der Waals surface area contributed by atoms with E-state index in [2.05, 4.69) is 21.2 Å². The third kappa shape index (κ3) is 4.31. The lowest BCUT2D eigenvalue weighted by molar-refractivity contribution is -0.117. The number of carbonyl (C=O) groups excluding carboxylic acids is 1. The molecule has 1 aliphatic heterocycles. The summed E-state index contributed by atoms with van der Waals surface area (Å²) in [5.74, 6) is -0.314. The molecule has 21 heavy (non-hydrogen) atoms. The summed E-state index contributed by atoms with van der Waals surface area (Å²) in [5, 5.41) is 21.2. The van der Waals surface area contributed by atoms with Gasteiger partial charge >= 0.3 is 0 Å². The lowest BCUT2D eigenvalue weighted by Crippen LogP contribution is -2.32. The lowest BCUT2D eigenvalue weighted by atomic mass is 10.1. The molecule has 0 saturated carbocycles. The average molecular weight is 351 g/mol. The Labute approximate surface area is 131 Å². The van der Waals surface area contributed by atoms with Crippen LogP contribution in [-0.2, 0) is 9.53 Å². The van der Waals surface area contributed by atoms with Crippen molar-refractivity contribution in [2.75, 3.05) is 13.2 Å². The molecule has 1 atom stereocenters. The summed E-state index contributed by atoms with van der Waals surface area (Å²) in [7, 11) is 0. The van der Waals surface area contributed by atoms with Gasteiger partial charge in [0.1, 0.15) is 17.4 Å². The van der Waals surface area contributed by atoms with Gasteiger partial charge < -0.3 is 15.2 Å². The maximum absolute atomic E-state index is 12.0. The minimum absolute atomic E-state index is 0.0191. The van der Waals surface area contributed by atoms with Crippen molar-refractivity contribution in [1.82, 2.24) is 5.32 Å². The van der Waals surface area contributed by atoms with E-state index >= 15 is 0 Å². The minimum Gasteiger partial charge on any atom is -0.507 e. The Kier molecular flexibility index (Phi) is 5.37. The number of halogens is 1. The molecule has 0 bridgehead atoms. The van der Waals surface area contributed by atoms with E-state index in [0.29, 0.717) is 16.6 Å². The highest BCUT2D eigenvalue weighted by Gasteiger charge is 2.17. The van der Waals surface area contributed by atoms with Crippen LogP contribution in [0.15, 0.2) is 28.2 Å². The lowest BCUT2D eigenvalue weighted by Gasteiger charge is -2.10. The first-order valence-electron chi connectivity index (χ1n) is 6.60. The van der Waals surface area contributed by atoms with Crippen LogP contribution in [0.3, 0.4) is 0 Å². The number of carbonyl (C=O) groups is 1. The van der Waals surface area contributed by atoms with Crippen LogP contribution in [0.5, 0.6) is 5.75 Å². The highest BCUT2D eigenvalue weighted by atomic mass is 79.9. The smallest absolute Gasteiger partial charge is 0.262 e. The number of amides is 1. The van der Waals surface area contributed by atoms with Crippen molar-refractivity contribution < 1.29 is 14.6 Å². The van der Waals surface area contributed by atoms with Crippen LogP contribution in [0.25, 0.3) is 6.08 Å². The van der Waals surface area contributed by atoms with Crippen molar-refractivity contribution in [1.29, 1.82) is 5.26 Å². The molecule has 1 fully saturated rings. The number of hydrogen-bond acceptors (Lipinski definition) is 4. The highest BCUT2D eigenvalue weighted by Crippen LogP contribution is 2.25. The normalized spacial score (nSPS) is 18.3. The molecule has 0 spiro atoms. The number of benzene rings is 1. The molecule has 1 aromatic carbocycles. The summed E-state index contributed by atoms with van der Waals surface area (Å²) in [6, 6.07) is 6.65. The van der Waals surface area contributed by atoms with Gasteiger partial charge in [-0.25, -0.2) is 0 Å². The topological polar surface area (TPSA) is 82.3 Å². The van der Waals surface area contributed by atoms with Gasteiger partial charge in [0.25, 0.3) is 5.91 Å². The summed E-state index contributed by atoms with van der Waals surface area (Å²) in [4.78, 5) is 12.0. The van der Waals surface area contributed by atoms with Crippen LogP contribution in [0.2, 0.25) is 0 Å². The monoisotopic (exact) mass is 350 g/mol. The Hall–Kier alpha value is -1.84. The second kappa shape index (κ2) is 7.25. The number of nitriles is 1. The molecule has 1 aliphatic rings. The zero-order valence-corrected chi connectivity index (χ0v) is 12.9. The molecule has 1 aromatic rings. The van der Waals surface area contributed by atoms with Gasteiger partial charge in [0, 0.05) is 13.2 Å². The van der Waals surface area contributed by atoms with Gasteiger partial charge in [0.15, 0.2) is 0 Å². The second-order valence-corrected chi connectivity index (χ2v) is 5.58. The Bertz CT molecular complexity index is 601. The molecule has 2 N–H and O–H groups in total. The fourth-order valence-electron chi connectivity index (χ4n) is 2.04. The van der Waals surface area contributed by atoms with Crippen LogP contribution >= 0.6 is 15.9 Å². The minimum atomic E-state index is -0.419. The Morgan fingerprint density at radius 2 is 2.43 bits per heavy atom. The molecule has 1 saturated heterocycles. The van der Waals surface area contributed by atoms with Gasteiger partial charge in [0.2, 0.25) is 0 Å². The molecule has 110 valence electrons. The molecule has 1 amide bonds. The Morgan fingerprint density at radius 1 is 1.62 bits per heavy atom. The quantitative estimate of drug-likeness (QED) is 0.645. The first kappa shape index (κ1) is 15.5. The molecule has 2 rings (SSSR count). The summed E-state index contributed by atoms with van der Waals surface area (Å²) in [6.45, 7) is 1.14. The number of nitrogens with one attached hydrogen (secondary N) is 1. The van der Waals surface area contributed by atoms with E-state index in [1.807, 2.05) is 6.07 Å². The van der Waals surface area contributed by atoms with E-state index in [-0.39, 0.29) is 17.4 Å². The third-order valence-corrected chi connectivity index (χ3v) is 3.80. The first-order valence-corrected chi connectivity index (χ1v) is 7.39. The molecular formula is C15H15BrN2O3. The van der Waals surface area contributed by atoms with Crippen molar-refractivity contribution in [3.8, 4) is 11.8 Å². The number of rotatable bonds is 4. The van der Waals surface area contributed by atoms with Gasteiger partial charge in [-0.15, -0.1) is 0 Å². The Balaban J connectivity index is 2.03. The summed E-state index contributed by atoms with van der Waals surface area (Å²) >= 11 is 3.19. The predicted molar refractivity (Wildman–Crippen MR) is 81.4 cm³/mol. The second-order valence-electron chi connectivity index (χ2n) is 4.73. The van der Waals surface area contributed by atoms with E-state index in [1.54, 1.807) is 12.1 Å². The first-order chi connectivity index (χ1) is 10.1. The van der Waals surface area contributed by atoms with Crippen molar-refractivity contribution >= 4 is 27.9 Å². The molecule has 5 nitrogen and oxygen atoms in total. The fraction of sp³-hybridized carbons (Fsp3) is 0.333. The van der Waals surface area contributed by atoms with E-state index in [1.165, 1.54) is 12.1 Å². The zero-order valence-electron chi connectivity index (χ0n) is 11.3. The zero-order chi connectivity index (χ0) is 15.2. The van der Waals surface area contributed by atoms with E-state index in [0.717, 1.165) is 19.4 Å². The summed E-state index contributed by atoms with van der Waals surface area (Å²) in [5.41, 5.74) is 0.675. The van der Waals surface area contributed by atoms with Crippen LogP contribution in [-0.4, -0.2) is 30.3 Å². The maximum atomic E-state index is 12.0. The highest BCUT2D eigenvalue weighted by molar-refractivity contribution is 9.10. The molecule has 0 aromatic heterocycles. The predicted octanol–water partition coefficient (Wildman–Crippen LogP) is 2.36. The van der Waals surface area contributed by atoms with Gasteiger partial charge in [-0.2, -0.15) is 5.26 Å². The van der Waals surface area contributed by atoms with Crippen LogP contribution in [0, 0.1) is 11.3 Å². The molecule has 0 aliphatic carbocycles. The maximum Gasteiger partial charge on any atom is 0.262 e. The molecule has 6 heteroatoms. The average Bonchev–Trinajstić information content (AvgIpc) is 2.99. The largest absolute Gasteiger partial charge is 0.507 e. The van der Waals surface area contributed by atoms with Gasteiger partial charge in [-0.1, -0.05) is 6.07 Å². The fourth-order valence-corrected chi connectivity index (χ4v) is 2.43. The van der Waals surface area contributed by atoms with Gasteiger partial charge in [0.05, 0.1) is 10.6 Å². The SMILES string of the molecule is N#CC(=Cc1ccc(O)c(Br)c1)C(=O)NCC1CCCO1. The standard InChI is InChI=1S/C15H15BrN2O3/c16-13-7-10(3-4-14(13)19)6-11(8-17)15(20)18-9-12-2-1-5-21-12/h3-4,6-7,12,19H,1-2,5,9H2,(H,18,20). The van der Waals surface area contributed by atoms with Crippen molar-refractivity contribution in [2.24, 2.45) is 0 Å². The van der Waals surface area contributed by atoms with E-state index in [9.17, 15) is 9.90 Å². The van der Waals surface area contributed by atoms with Crippen LogP contribution < -0.4 is 5.32 Å². The third-order valence-electron chi connectivity index (χ3n) is 3.16. The van der Waals surface area contributed by atoms with E-state index in [4.69, 9.17) is 10.00 Å². The molecule has 0 radical (unpaired) electrons. The number of nitrogens with zero attached hydrogens (tertiary/aromatic N) is 1. The number of phenols is 1.